The van der Waals surface area contributed by atoms with Crippen LogP contribution in [-0.4, -0.2) is 37.1 Å². The molecule has 45 heavy (non-hydrogen) atoms. The fourth-order valence-corrected chi connectivity index (χ4v) is 8.71. The molecule has 0 bridgehead atoms. The number of allylic oxidation sites excluding steroid dienone is 16. The van der Waals surface area contributed by atoms with Crippen molar-refractivity contribution in [2.24, 2.45) is 23.7 Å². The minimum atomic E-state index is 0.308. The number of hydrogen-bond acceptors (Lipinski definition) is 3. The number of nitrogens with zero attached hydrogens (tertiary/aromatic N) is 1. The van der Waals surface area contributed by atoms with E-state index in [4.69, 9.17) is 0 Å². The Morgan fingerprint density at radius 3 is 2.62 bits per heavy atom. The van der Waals surface area contributed by atoms with Crippen molar-refractivity contribution < 1.29 is 0 Å². The van der Waals surface area contributed by atoms with Crippen LogP contribution in [0.5, 0.6) is 0 Å². The molecule has 0 saturated carbocycles. The van der Waals surface area contributed by atoms with E-state index in [1.54, 1.807) is 5.57 Å². The summed E-state index contributed by atoms with van der Waals surface area (Å²) in [5.41, 5.74) is 9.01. The molecular formula is C42H57N3. The lowest BCUT2D eigenvalue weighted by atomic mass is 9.76. The van der Waals surface area contributed by atoms with Crippen molar-refractivity contribution in [1.82, 2.24) is 15.5 Å². The molecule has 6 aliphatic rings. The zero-order chi connectivity index (χ0) is 31.0. The van der Waals surface area contributed by atoms with Crippen molar-refractivity contribution in [2.75, 3.05) is 20.1 Å². The Bertz CT molecular complexity index is 1360. The van der Waals surface area contributed by atoms with E-state index < -0.39 is 0 Å². The van der Waals surface area contributed by atoms with Crippen LogP contribution in [0.3, 0.4) is 0 Å². The Kier molecular flexibility index (Phi) is 11.0. The molecule has 6 unspecified atom stereocenters. The molecule has 0 aromatic heterocycles. The fraction of sp³-hybridized carbons (Fsp3) is 0.524. The van der Waals surface area contributed by atoms with Gasteiger partial charge >= 0.3 is 0 Å². The largest absolute Gasteiger partial charge is 0.381 e. The molecule has 0 amide bonds. The van der Waals surface area contributed by atoms with Crippen LogP contribution in [0.15, 0.2) is 119 Å². The zero-order valence-electron chi connectivity index (χ0n) is 28.2. The van der Waals surface area contributed by atoms with Crippen LogP contribution in [0.2, 0.25) is 0 Å². The van der Waals surface area contributed by atoms with E-state index in [1.165, 1.54) is 73.1 Å². The first-order valence-electron chi connectivity index (χ1n) is 18.2. The quantitative estimate of drug-likeness (QED) is 0.244. The van der Waals surface area contributed by atoms with E-state index in [9.17, 15) is 0 Å². The van der Waals surface area contributed by atoms with Crippen LogP contribution in [0.4, 0.5) is 0 Å². The number of rotatable bonds is 10. The highest BCUT2D eigenvalue weighted by molar-refractivity contribution is 5.47. The van der Waals surface area contributed by atoms with Crippen molar-refractivity contribution >= 4 is 0 Å². The first-order chi connectivity index (χ1) is 22.1. The van der Waals surface area contributed by atoms with Crippen LogP contribution >= 0.6 is 0 Å². The minimum Gasteiger partial charge on any atom is -0.381 e. The van der Waals surface area contributed by atoms with Gasteiger partial charge < -0.3 is 15.5 Å². The second-order valence-corrected chi connectivity index (χ2v) is 14.2. The van der Waals surface area contributed by atoms with Gasteiger partial charge in [0.05, 0.1) is 6.04 Å². The van der Waals surface area contributed by atoms with Gasteiger partial charge in [-0.15, -0.1) is 0 Å². The van der Waals surface area contributed by atoms with Crippen molar-refractivity contribution in [1.29, 1.82) is 0 Å². The first kappa shape index (κ1) is 31.9. The number of fused-ring (bicyclic) bond motifs is 1. The summed E-state index contributed by atoms with van der Waals surface area (Å²) >= 11 is 0. The van der Waals surface area contributed by atoms with Gasteiger partial charge in [0.1, 0.15) is 0 Å². The molecular weight excluding hydrogens is 546 g/mol. The van der Waals surface area contributed by atoms with Crippen LogP contribution in [0.1, 0.15) is 84.5 Å². The molecule has 0 spiro atoms. The van der Waals surface area contributed by atoms with Gasteiger partial charge in [-0.3, -0.25) is 0 Å². The average molecular weight is 604 g/mol. The van der Waals surface area contributed by atoms with Gasteiger partial charge in [-0.2, -0.15) is 0 Å². The van der Waals surface area contributed by atoms with E-state index >= 15 is 0 Å². The highest BCUT2D eigenvalue weighted by atomic mass is 15.2. The lowest BCUT2D eigenvalue weighted by molar-refractivity contribution is 0.178. The summed E-state index contributed by atoms with van der Waals surface area (Å²) in [6, 6.07) is 0.771. The number of nitrogens with one attached hydrogen (secondary N) is 2. The molecule has 1 heterocycles. The summed E-state index contributed by atoms with van der Waals surface area (Å²) in [7, 11) is 2.08. The van der Waals surface area contributed by atoms with Gasteiger partial charge in [-0.05, 0) is 120 Å². The molecule has 1 aliphatic heterocycles. The van der Waals surface area contributed by atoms with E-state index in [0.29, 0.717) is 29.8 Å². The van der Waals surface area contributed by atoms with Crippen LogP contribution < -0.4 is 10.6 Å². The van der Waals surface area contributed by atoms with Gasteiger partial charge in [0.15, 0.2) is 0 Å². The molecule has 3 heteroatoms. The third-order valence-corrected chi connectivity index (χ3v) is 11.4. The molecule has 0 radical (unpaired) electrons. The number of hydrogen-bond donors (Lipinski definition) is 2. The molecule has 3 nitrogen and oxygen atoms in total. The fourth-order valence-electron chi connectivity index (χ4n) is 8.71. The van der Waals surface area contributed by atoms with E-state index in [-0.39, 0.29) is 0 Å². The minimum absolute atomic E-state index is 0.308. The zero-order valence-corrected chi connectivity index (χ0v) is 28.2. The SMILES string of the molecule is CCC(CCNC)C1C=CC=C(N2C/C=C\C=C(/C)C3C(NC4=CC=C(C5=CCC(C6=CCCCC6)C=C5)CC4)C=CCC32)C1. The summed E-state index contributed by atoms with van der Waals surface area (Å²) in [6.45, 7) is 6.80. The van der Waals surface area contributed by atoms with E-state index in [1.807, 2.05) is 0 Å². The van der Waals surface area contributed by atoms with E-state index in [0.717, 1.165) is 44.7 Å². The summed E-state index contributed by atoms with van der Waals surface area (Å²) < 4.78 is 0. The molecule has 6 rings (SSSR count). The predicted octanol–water partition coefficient (Wildman–Crippen LogP) is 9.41. The molecule has 2 N–H and O–H groups in total. The second-order valence-electron chi connectivity index (χ2n) is 14.2. The normalized spacial score (nSPS) is 32.4. The van der Waals surface area contributed by atoms with Crippen molar-refractivity contribution in [3.05, 3.63) is 119 Å². The van der Waals surface area contributed by atoms with Crippen LogP contribution in [0.25, 0.3) is 0 Å². The van der Waals surface area contributed by atoms with Crippen molar-refractivity contribution in [3.63, 3.8) is 0 Å². The van der Waals surface area contributed by atoms with Crippen LogP contribution in [0, 0.1) is 23.7 Å². The predicted molar refractivity (Wildman–Crippen MR) is 192 cm³/mol. The molecule has 5 aliphatic carbocycles. The Hall–Kier alpha value is -3.04. The maximum atomic E-state index is 4.04. The summed E-state index contributed by atoms with van der Waals surface area (Å²) in [6.07, 6.45) is 47.2. The summed E-state index contributed by atoms with van der Waals surface area (Å²) in [4.78, 5) is 2.75. The Balaban J connectivity index is 1.14. The lowest BCUT2D eigenvalue weighted by Gasteiger charge is -2.46. The van der Waals surface area contributed by atoms with Crippen molar-refractivity contribution in [3.8, 4) is 0 Å². The lowest BCUT2D eigenvalue weighted by Crippen LogP contribution is -2.51. The van der Waals surface area contributed by atoms with Gasteiger partial charge in [-0.25, -0.2) is 0 Å². The second kappa shape index (κ2) is 15.5. The molecule has 0 fully saturated rings. The molecule has 240 valence electrons. The van der Waals surface area contributed by atoms with Crippen molar-refractivity contribution in [2.45, 2.75) is 96.6 Å². The average Bonchev–Trinajstić information content (AvgIpc) is 3.08. The molecule has 0 saturated heterocycles. The topological polar surface area (TPSA) is 27.3 Å². The highest BCUT2D eigenvalue weighted by Crippen LogP contribution is 2.39. The smallest absolute Gasteiger partial charge is 0.0526 e. The van der Waals surface area contributed by atoms with Gasteiger partial charge in [0, 0.05) is 35.8 Å². The molecule has 6 atom stereocenters. The Morgan fingerprint density at radius 1 is 0.933 bits per heavy atom. The summed E-state index contributed by atoms with van der Waals surface area (Å²) in [5.74, 6) is 2.42. The van der Waals surface area contributed by atoms with Gasteiger partial charge in [0.2, 0.25) is 0 Å². The highest BCUT2D eigenvalue weighted by Gasteiger charge is 2.37. The molecule has 0 aromatic carbocycles. The standard InChI is InChI=1S/C42H57N3/c1-4-32(27-28-43-3)37-15-10-16-39(30-37)45-29-9-8-12-31(2)42-40(17-11-18-41(42)45)44-38-25-23-36(24-26-38)35-21-19-34(20-22-35)33-13-6-5-7-14-33/h8-13,15-17,19,21-23,25,32,34,37,40-44H,4-7,14,18,20,24,26-30H2,1-3H3/b9-8-,31-12+. The maximum absolute atomic E-state index is 4.04. The monoisotopic (exact) mass is 603 g/mol. The van der Waals surface area contributed by atoms with Crippen LogP contribution in [-0.2, 0) is 0 Å². The van der Waals surface area contributed by atoms with Gasteiger partial charge in [-0.1, -0.05) is 97.4 Å². The van der Waals surface area contributed by atoms with Gasteiger partial charge in [0.25, 0.3) is 0 Å². The maximum Gasteiger partial charge on any atom is 0.0526 e. The Labute approximate surface area is 274 Å². The Morgan fingerprint density at radius 2 is 1.87 bits per heavy atom. The first-order valence-corrected chi connectivity index (χ1v) is 18.2. The molecule has 0 aromatic rings. The van der Waals surface area contributed by atoms with E-state index in [2.05, 4.69) is 121 Å². The third kappa shape index (κ3) is 7.68. The summed E-state index contributed by atoms with van der Waals surface area (Å²) in [5, 5.41) is 7.42. The third-order valence-electron chi connectivity index (χ3n) is 11.4.